The van der Waals surface area contributed by atoms with Crippen LogP contribution < -0.4 is 0 Å². The van der Waals surface area contributed by atoms with Gasteiger partial charge in [-0.25, -0.2) is 0 Å². The normalized spacial score (nSPS) is 12.9. The van der Waals surface area contributed by atoms with E-state index in [-0.39, 0.29) is 0 Å². The number of nitrogens with zero attached hydrogens (tertiary/aromatic N) is 2. The third kappa shape index (κ3) is 4.18. The quantitative estimate of drug-likeness (QED) is 0.186. The minimum atomic E-state index is 0.906. The molecule has 1 aliphatic carbocycles. The highest BCUT2D eigenvalue weighted by Gasteiger charge is 2.21. The van der Waals surface area contributed by atoms with Crippen LogP contribution >= 0.6 is 0 Å². The second kappa shape index (κ2) is 11.0. The Morgan fingerprint density at radius 3 is 2.02 bits per heavy atom. The fourth-order valence-corrected chi connectivity index (χ4v) is 8.58. The van der Waals surface area contributed by atoms with Crippen molar-refractivity contribution in [2.24, 2.45) is 0 Å². The van der Waals surface area contributed by atoms with Gasteiger partial charge in [0.1, 0.15) is 11.2 Å². The van der Waals surface area contributed by atoms with E-state index < -0.39 is 0 Å². The van der Waals surface area contributed by atoms with Crippen molar-refractivity contribution < 1.29 is 4.42 Å². The molecule has 0 atom stereocenters. The van der Waals surface area contributed by atoms with Gasteiger partial charge in [0.25, 0.3) is 0 Å². The average Bonchev–Trinajstić information content (AvgIpc) is 3.85. The lowest BCUT2D eigenvalue weighted by atomic mass is 9.97. The van der Waals surface area contributed by atoms with Crippen molar-refractivity contribution in [1.29, 1.82) is 0 Å². The van der Waals surface area contributed by atoms with Crippen LogP contribution in [-0.2, 0) is 6.42 Å². The minimum Gasteiger partial charge on any atom is -0.456 e. The Hall–Kier alpha value is -6.58. The van der Waals surface area contributed by atoms with Gasteiger partial charge in [-0.15, -0.1) is 0 Å². The zero-order chi connectivity index (χ0) is 33.5. The summed E-state index contributed by atoms with van der Waals surface area (Å²) >= 11 is 0. The zero-order valence-corrected chi connectivity index (χ0v) is 27.9. The van der Waals surface area contributed by atoms with E-state index in [1.165, 1.54) is 71.9 Å². The molecule has 0 spiro atoms. The SMILES string of the molecule is C1=Cc2c(c3cc(-c4ccc5c(c4)c4ccccc4n5-c4ccccc4-c4cccc5oc6ccccc6c45)ccc3n2-c2ccccc2)CC1. The fourth-order valence-electron chi connectivity index (χ4n) is 8.58. The first-order valence-corrected chi connectivity index (χ1v) is 17.7. The summed E-state index contributed by atoms with van der Waals surface area (Å²) in [6, 6.07) is 57.1. The molecule has 3 aromatic heterocycles. The summed E-state index contributed by atoms with van der Waals surface area (Å²) in [7, 11) is 0. The van der Waals surface area contributed by atoms with E-state index in [0.717, 1.165) is 40.5 Å². The maximum atomic E-state index is 6.31. The lowest BCUT2D eigenvalue weighted by Crippen LogP contribution is -1.99. The average molecular weight is 653 g/mol. The van der Waals surface area contributed by atoms with Crippen molar-refractivity contribution in [3.8, 4) is 33.6 Å². The highest BCUT2D eigenvalue weighted by molar-refractivity contribution is 6.15. The van der Waals surface area contributed by atoms with Gasteiger partial charge in [-0.3, -0.25) is 0 Å². The number of rotatable bonds is 4. The summed E-state index contributed by atoms with van der Waals surface area (Å²) in [6.07, 6.45) is 6.74. The van der Waals surface area contributed by atoms with Crippen LogP contribution in [-0.4, -0.2) is 9.13 Å². The Morgan fingerprint density at radius 1 is 0.471 bits per heavy atom. The van der Waals surface area contributed by atoms with Crippen LogP contribution in [0.3, 0.4) is 0 Å². The van der Waals surface area contributed by atoms with Gasteiger partial charge in [-0.1, -0.05) is 103 Å². The van der Waals surface area contributed by atoms with Crippen LogP contribution in [0.15, 0.2) is 168 Å². The summed E-state index contributed by atoms with van der Waals surface area (Å²) in [6.45, 7) is 0. The van der Waals surface area contributed by atoms with Crippen LogP contribution in [0.5, 0.6) is 0 Å². The number of para-hydroxylation sites is 4. The first kappa shape index (κ1) is 28.3. The number of furan rings is 1. The molecule has 3 nitrogen and oxygen atoms in total. The molecule has 10 aromatic rings. The van der Waals surface area contributed by atoms with E-state index in [2.05, 4.69) is 173 Å². The Kier molecular flexibility index (Phi) is 6.08. The molecule has 51 heavy (non-hydrogen) atoms. The number of hydrogen-bond donors (Lipinski definition) is 0. The minimum absolute atomic E-state index is 0.906. The molecule has 0 amide bonds. The summed E-state index contributed by atoms with van der Waals surface area (Å²) in [4.78, 5) is 0. The third-order valence-corrected chi connectivity index (χ3v) is 10.8. The van der Waals surface area contributed by atoms with Crippen LogP contribution in [0, 0.1) is 0 Å². The predicted molar refractivity (Wildman–Crippen MR) is 213 cm³/mol. The molecule has 1 aliphatic rings. The van der Waals surface area contributed by atoms with Gasteiger partial charge < -0.3 is 13.6 Å². The molecule has 0 radical (unpaired) electrons. The van der Waals surface area contributed by atoms with Gasteiger partial charge in [-0.2, -0.15) is 0 Å². The predicted octanol–water partition coefficient (Wildman–Crippen LogP) is 12.9. The van der Waals surface area contributed by atoms with E-state index >= 15 is 0 Å². The lowest BCUT2D eigenvalue weighted by molar-refractivity contribution is 0.669. The Balaban J connectivity index is 1.11. The number of allylic oxidation sites excluding steroid dienone is 1. The molecule has 3 heterocycles. The molecule has 240 valence electrons. The third-order valence-electron chi connectivity index (χ3n) is 10.8. The molecule has 3 heteroatoms. The monoisotopic (exact) mass is 652 g/mol. The Morgan fingerprint density at radius 2 is 1.14 bits per heavy atom. The van der Waals surface area contributed by atoms with E-state index in [1.54, 1.807) is 0 Å². The van der Waals surface area contributed by atoms with Gasteiger partial charge in [0.05, 0.1) is 22.2 Å². The maximum absolute atomic E-state index is 6.31. The standard InChI is InChI=1S/C48H32N2O/c1-2-13-33(14-3-1)49-41-20-8-5-16-35(41)39-29-31(25-27-44(39)49)32-26-28-45-40(30-32)36-17-6-10-22-43(36)50(45)42-21-9-4-15-34(42)37-19-12-24-47-48(37)38-18-7-11-23-46(38)51-47/h1-4,6-15,17-30H,5,16H2. The number of aromatic nitrogens is 2. The molecule has 0 fully saturated rings. The second-order valence-corrected chi connectivity index (χ2v) is 13.6. The molecule has 0 unspecified atom stereocenters. The summed E-state index contributed by atoms with van der Waals surface area (Å²) in [5, 5.41) is 6.12. The van der Waals surface area contributed by atoms with Gasteiger partial charge >= 0.3 is 0 Å². The number of benzene rings is 7. The summed E-state index contributed by atoms with van der Waals surface area (Å²) in [5.41, 5.74) is 15.4. The van der Waals surface area contributed by atoms with Crippen molar-refractivity contribution in [3.63, 3.8) is 0 Å². The van der Waals surface area contributed by atoms with Crippen LogP contribution in [0.2, 0.25) is 0 Å². The van der Waals surface area contributed by atoms with Crippen LogP contribution in [0.1, 0.15) is 17.7 Å². The Bertz CT molecular complexity index is 3020. The molecule has 0 saturated heterocycles. The van der Waals surface area contributed by atoms with Crippen molar-refractivity contribution in [3.05, 3.63) is 175 Å². The number of aryl methyl sites for hydroxylation is 1. The van der Waals surface area contributed by atoms with Crippen molar-refractivity contribution in [2.75, 3.05) is 0 Å². The summed E-state index contributed by atoms with van der Waals surface area (Å²) < 4.78 is 11.2. The van der Waals surface area contributed by atoms with Crippen molar-refractivity contribution >= 4 is 60.7 Å². The largest absolute Gasteiger partial charge is 0.456 e. The number of fused-ring (bicyclic) bond motifs is 9. The van der Waals surface area contributed by atoms with Crippen LogP contribution in [0.25, 0.3) is 94.4 Å². The molecule has 0 saturated carbocycles. The molecule has 0 N–H and O–H groups in total. The highest BCUT2D eigenvalue weighted by Crippen LogP contribution is 2.43. The van der Waals surface area contributed by atoms with Gasteiger partial charge in [0.2, 0.25) is 0 Å². The van der Waals surface area contributed by atoms with E-state index in [0.29, 0.717) is 0 Å². The van der Waals surface area contributed by atoms with Gasteiger partial charge in [-0.05, 0) is 102 Å². The second-order valence-electron chi connectivity index (χ2n) is 13.6. The van der Waals surface area contributed by atoms with E-state index in [9.17, 15) is 0 Å². The van der Waals surface area contributed by atoms with Gasteiger partial charge in [0, 0.05) is 43.9 Å². The molecular weight excluding hydrogens is 621 g/mol. The molecule has 0 aliphatic heterocycles. The van der Waals surface area contributed by atoms with E-state index in [4.69, 9.17) is 4.42 Å². The molecular formula is C48H32N2O. The Labute approximate surface area is 294 Å². The maximum Gasteiger partial charge on any atom is 0.136 e. The van der Waals surface area contributed by atoms with E-state index in [1.807, 2.05) is 6.07 Å². The number of hydrogen-bond acceptors (Lipinski definition) is 1. The fraction of sp³-hybridized carbons (Fsp3) is 0.0417. The molecule has 7 aromatic carbocycles. The van der Waals surface area contributed by atoms with Crippen molar-refractivity contribution in [2.45, 2.75) is 12.8 Å². The highest BCUT2D eigenvalue weighted by atomic mass is 16.3. The smallest absolute Gasteiger partial charge is 0.136 e. The first-order valence-electron chi connectivity index (χ1n) is 17.7. The van der Waals surface area contributed by atoms with Crippen molar-refractivity contribution in [1.82, 2.24) is 9.13 Å². The molecule has 0 bridgehead atoms. The van der Waals surface area contributed by atoms with Crippen LogP contribution in [0.4, 0.5) is 0 Å². The first-order chi connectivity index (χ1) is 25.3. The lowest BCUT2D eigenvalue weighted by Gasteiger charge is -2.15. The topological polar surface area (TPSA) is 23.0 Å². The van der Waals surface area contributed by atoms with Gasteiger partial charge in [0.15, 0.2) is 0 Å². The molecule has 11 rings (SSSR count). The summed E-state index contributed by atoms with van der Waals surface area (Å²) in [5.74, 6) is 0. The zero-order valence-electron chi connectivity index (χ0n) is 27.9.